The maximum absolute atomic E-state index is 12.4. The number of imidazole rings is 1. The Morgan fingerprint density at radius 1 is 0.971 bits per heavy atom. The molecular formula is C29H33N3O2. The molecule has 0 aliphatic heterocycles. The lowest BCUT2D eigenvalue weighted by Crippen LogP contribution is -2.32. The van der Waals surface area contributed by atoms with Crippen LogP contribution in [0.5, 0.6) is 5.75 Å². The van der Waals surface area contributed by atoms with Gasteiger partial charge in [-0.2, -0.15) is 0 Å². The van der Waals surface area contributed by atoms with Crippen LogP contribution < -0.4 is 10.1 Å². The van der Waals surface area contributed by atoms with Crippen molar-refractivity contribution >= 4 is 27.7 Å². The van der Waals surface area contributed by atoms with E-state index in [1.54, 1.807) is 0 Å². The highest BCUT2D eigenvalue weighted by molar-refractivity contribution is 5.88. The topological polar surface area (TPSA) is 56.2 Å². The number of nitrogens with zero attached hydrogens (tertiary/aromatic N) is 2. The molecule has 1 saturated carbocycles. The Kier molecular flexibility index (Phi) is 7.08. The quantitative estimate of drug-likeness (QED) is 0.320. The molecule has 0 atom stereocenters. The average molecular weight is 456 g/mol. The Balaban J connectivity index is 1.21. The van der Waals surface area contributed by atoms with Gasteiger partial charge in [-0.1, -0.05) is 67.8 Å². The van der Waals surface area contributed by atoms with Gasteiger partial charge in [0.05, 0.1) is 17.6 Å². The number of fused-ring (bicyclic) bond motifs is 2. The molecule has 1 heterocycles. The molecule has 1 aliphatic carbocycles. The van der Waals surface area contributed by atoms with Crippen LogP contribution in [0.15, 0.2) is 66.7 Å². The fourth-order valence-corrected chi connectivity index (χ4v) is 5.10. The van der Waals surface area contributed by atoms with Gasteiger partial charge in [0, 0.05) is 24.3 Å². The second kappa shape index (κ2) is 10.7. The van der Waals surface area contributed by atoms with Gasteiger partial charge in [-0.05, 0) is 42.8 Å². The van der Waals surface area contributed by atoms with Crippen LogP contribution in [0.3, 0.4) is 0 Å². The lowest BCUT2D eigenvalue weighted by Gasteiger charge is -2.20. The number of para-hydroxylation sites is 2. The summed E-state index contributed by atoms with van der Waals surface area (Å²) in [5.41, 5.74) is 2.14. The van der Waals surface area contributed by atoms with E-state index in [1.807, 2.05) is 30.3 Å². The summed E-state index contributed by atoms with van der Waals surface area (Å²) >= 11 is 0. The number of nitrogens with one attached hydrogen (secondary N) is 1. The average Bonchev–Trinajstić information content (AvgIpc) is 3.24. The van der Waals surface area contributed by atoms with Crippen LogP contribution in [-0.2, 0) is 17.8 Å². The fourth-order valence-electron chi connectivity index (χ4n) is 5.10. The van der Waals surface area contributed by atoms with E-state index in [-0.39, 0.29) is 11.8 Å². The molecule has 1 amide bonds. The van der Waals surface area contributed by atoms with Crippen molar-refractivity contribution in [2.45, 2.75) is 51.5 Å². The van der Waals surface area contributed by atoms with E-state index >= 15 is 0 Å². The molecule has 5 heteroatoms. The van der Waals surface area contributed by atoms with Crippen molar-refractivity contribution in [2.24, 2.45) is 5.92 Å². The number of carbonyl (C=O) groups excluding carboxylic acids is 1. The zero-order valence-corrected chi connectivity index (χ0v) is 19.7. The number of hydrogen-bond acceptors (Lipinski definition) is 3. The van der Waals surface area contributed by atoms with Gasteiger partial charge in [0.25, 0.3) is 0 Å². The molecule has 1 N–H and O–H groups in total. The van der Waals surface area contributed by atoms with Crippen LogP contribution in [0.4, 0.5) is 0 Å². The lowest BCUT2D eigenvalue weighted by molar-refractivity contribution is -0.125. The zero-order valence-electron chi connectivity index (χ0n) is 19.7. The lowest BCUT2D eigenvalue weighted by atomic mass is 9.89. The molecule has 1 aromatic heterocycles. The van der Waals surface area contributed by atoms with E-state index in [0.29, 0.717) is 13.2 Å². The van der Waals surface area contributed by atoms with E-state index in [2.05, 4.69) is 46.3 Å². The number of hydrogen-bond donors (Lipinski definition) is 1. The molecule has 5 nitrogen and oxygen atoms in total. The van der Waals surface area contributed by atoms with Crippen LogP contribution in [0.25, 0.3) is 21.8 Å². The Morgan fingerprint density at radius 2 is 1.76 bits per heavy atom. The largest absolute Gasteiger partial charge is 0.491 e. The zero-order chi connectivity index (χ0) is 23.2. The number of aryl methyl sites for hydroxylation is 1. The summed E-state index contributed by atoms with van der Waals surface area (Å²) in [6.07, 6.45) is 7.42. The van der Waals surface area contributed by atoms with Gasteiger partial charge >= 0.3 is 0 Å². The van der Waals surface area contributed by atoms with Crippen molar-refractivity contribution in [3.05, 3.63) is 72.6 Å². The van der Waals surface area contributed by atoms with Gasteiger partial charge < -0.3 is 14.6 Å². The second-order valence-electron chi connectivity index (χ2n) is 9.22. The van der Waals surface area contributed by atoms with Crippen molar-refractivity contribution in [3.63, 3.8) is 0 Å². The highest BCUT2D eigenvalue weighted by Crippen LogP contribution is 2.26. The van der Waals surface area contributed by atoms with E-state index in [4.69, 9.17) is 9.72 Å². The summed E-state index contributed by atoms with van der Waals surface area (Å²) < 4.78 is 8.48. The predicted molar refractivity (Wildman–Crippen MR) is 137 cm³/mol. The van der Waals surface area contributed by atoms with E-state index < -0.39 is 0 Å². The molecule has 0 radical (unpaired) electrons. The first kappa shape index (κ1) is 22.5. The first-order valence-corrected chi connectivity index (χ1v) is 12.6. The molecule has 1 aliphatic rings. The summed E-state index contributed by atoms with van der Waals surface area (Å²) in [6.45, 7) is 2.00. The van der Waals surface area contributed by atoms with Gasteiger partial charge in [-0.25, -0.2) is 4.98 Å². The minimum Gasteiger partial charge on any atom is -0.491 e. The van der Waals surface area contributed by atoms with E-state index in [0.717, 1.165) is 60.2 Å². The Hall–Kier alpha value is -3.34. The van der Waals surface area contributed by atoms with Crippen molar-refractivity contribution in [1.82, 2.24) is 14.9 Å². The summed E-state index contributed by atoms with van der Waals surface area (Å²) in [5, 5.41) is 5.47. The molecule has 0 unspecified atom stereocenters. The van der Waals surface area contributed by atoms with Crippen molar-refractivity contribution in [1.29, 1.82) is 0 Å². The summed E-state index contributed by atoms with van der Waals surface area (Å²) in [5.74, 6) is 2.41. The number of aromatic nitrogens is 2. The third-order valence-electron chi connectivity index (χ3n) is 6.91. The van der Waals surface area contributed by atoms with Gasteiger partial charge in [0.15, 0.2) is 0 Å². The molecule has 1 fully saturated rings. The van der Waals surface area contributed by atoms with Crippen molar-refractivity contribution in [2.75, 3.05) is 13.2 Å². The molecule has 0 saturated heterocycles. The highest BCUT2D eigenvalue weighted by Gasteiger charge is 2.20. The third-order valence-corrected chi connectivity index (χ3v) is 6.91. The van der Waals surface area contributed by atoms with Crippen molar-refractivity contribution < 1.29 is 9.53 Å². The minimum atomic E-state index is 0.213. The van der Waals surface area contributed by atoms with E-state index in [9.17, 15) is 4.79 Å². The SMILES string of the molecule is O=C(NCCCc1nc2ccccc2n1CCOc1cccc2ccccc12)C1CCCCC1. The van der Waals surface area contributed by atoms with E-state index in [1.165, 1.54) is 24.6 Å². The van der Waals surface area contributed by atoms with Crippen LogP contribution in [-0.4, -0.2) is 28.6 Å². The van der Waals surface area contributed by atoms with Gasteiger partial charge in [0.1, 0.15) is 18.2 Å². The third kappa shape index (κ3) is 5.09. The molecule has 4 aromatic rings. The number of rotatable bonds is 9. The van der Waals surface area contributed by atoms with Crippen molar-refractivity contribution in [3.8, 4) is 5.75 Å². The first-order chi connectivity index (χ1) is 16.8. The smallest absolute Gasteiger partial charge is 0.223 e. The summed E-state index contributed by atoms with van der Waals surface area (Å²) in [7, 11) is 0. The second-order valence-corrected chi connectivity index (χ2v) is 9.22. The molecule has 34 heavy (non-hydrogen) atoms. The number of benzene rings is 3. The van der Waals surface area contributed by atoms with Gasteiger partial charge in [-0.3, -0.25) is 4.79 Å². The molecule has 3 aromatic carbocycles. The van der Waals surface area contributed by atoms with Crippen LogP contribution >= 0.6 is 0 Å². The normalized spacial score (nSPS) is 14.5. The van der Waals surface area contributed by atoms with Crippen LogP contribution in [0.1, 0.15) is 44.3 Å². The molecule has 0 spiro atoms. The Labute approximate surface area is 201 Å². The van der Waals surface area contributed by atoms with Gasteiger partial charge in [-0.15, -0.1) is 0 Å². The monoisotopic (exact) mass is 455 g/mol. The van der Waals surface area contributed by atoms with Crippen LogP contribution in [0, 0.1) is 5.92 Å². The summed E-state index contributed by atoms with van der Waals surface area (Å²) in [4.78, 5) is 17.3. The fraction of sp³-hybridized carbons (Fsp3) is 0.379. The molecular weight excluding hydrogens is 422 g/mol. The van der Waals surface area contributed by atoms with Crippen LogP contribution in [0.2, 0.25) is 0 Å². The highest BCUT2D eigenvalue weighted by atomic mass is 16.5. The molecule has 0 bridgehead atoms. The molecule has 5 rings (SSSR count). The summed E-state index contributed by atoms with van der Waals surface area (Å²) in [6, 6.07) is 22.7. The Bertz CT molecular complexity index is 1250. The minimum absolute atomic E-state index is 0.213. The maximum atomic E-state index is 12.4. The number of carbonyl (C=O) groups is 1. The number of amides is 1. The predicted octanol–water partition coefficient (Wildman–Crippen LogP) is 5.90. The first-order valence-electron chi connectivity index (χ1n) is 12.6. The Morgan fingerprint density at radius 3 is 2.68 bits per heavy atom. The maximum Gasteiger partial charge on any atom is 0.223 e. The van der Waals surface area contributed by atoms with Gasteiger partial charge in [0.2, 0.25) is 5.91 Å². The molecule has 176 valence electrons. The number of ether oxygens (including phenoxy) is 1. The standard InChI is InChI=1S/C29H33N3O2/c33-29(23-11-2-1-3-12-23)30-19-9-18-28-31-25-15-6-7-16-26(25)32(28)20-21-34-27-17-8-13-22-10-4-5-14-24(22)27/h4-8,10,13-17,23H,1-3,9,11-12,18-21H2,(H,30,33).